The molecule has 0 spiro atoms. The predicted molar refractivity (Wildman–Crippen MR) is 72.1 cm³/mol. The predicted octanol–water partition coefficient (Wildman–Crippen LogP) is 2.87. The summed E-state index contributed by atoms with van der Waals surface area (Å²) in [6.07, 6.45) is 6.48. The standard InChI is InChI=1S/C12H21BNOS/c1-12(13-2)7-4-5-9-10(6-8-12)15-11(16)14(9)3/h9-10H,4-8H2,1-3H3. The minimum atomic E-state index is 0.331. The van der Waals surface area contributed by atoms with Crippen LogP contribution in [0.1, 0.15) is 39.0 Å². The molecule has 0 amide bonds. The number of likely N-dealkylation sites (N-methyl/N-ethyl adjacent to an activating group) is 1. The molecule has 2 rings (SSSR count). The van der Waals surface area contributed by atoms with E-state index in [1.165, 1.54) is 25.7 Å². The second-order valence-corrected chi connectivity index (χ2v) is 5.82. The number of hydrogen-bond donors (Lipinski definition) is 0. The van der Waals surface area contributed by atoms with Gasteiger partial charge in [-0.3, -0.25) is 0 Å². The molecule has 1 aliphatic heterocycles. The molecule has 2 nitrogen and oxygen atoms in total. The summed E-state index contributed by atoms with van der Waals surface area (Å²) in [5.41, 5.74) is 0. The molecule has 2 aliphatic rings. The SMILES string of the molecule is C[B]C1(C)CCCC2C(CC1)OC(=S)N2C. The number of rotatable bonds is 1. The molecule has 16 heavy (non-hydrogen) atoms. The van der Waals surface area contributed by atoms with Crippen molar-refractivity contribution < 1.29 is 4.74 Å². The van der Waals surface area contributed by atoms with Crippen LogP contribution in [-0.4, -0.2) is 36.5 Å². The summed E-state index contributed by atoms with van der Waals surface area (Å²) >= 11 is 5.23. The lowest BCUT2D eigenvalue weighted by molar-refractivity contribution is 0.153. The number of nitrogens with zero attached hydrogens (tertiary/aromatic N) is 1. The number of fused-ring (bicyclic) bond motifs is 1. The van der Waals surface area contributed by atoms with E-state index in [-0.39, 0.29) is 0 Å². The monoisotopic (exact) mass is 238 g/mol. The molecule has 1 saturated carbocycles. The van der Waals surface area contributed by atoms with Gasteiger partial charge in [-0.25, -0.2) is 0 Å². The zero-order chi connectivity index (χ0) is 11.8. The Morgan fingerprint density at radius 1 is 1.44 bits per heavy atom. The first-order chi connectivity index (χ1) is 7.56. The third-order valence-electron chi connectivity index (χ3n) is 4.41. The average Bonchev–Trinajstić information content (AvgIpc) is 2.51. The van der Waals surface area contributed by atoms with Gasteiger partial charge in [0.05, 0.1) is 6.04 Å². The second-order valence-electron chi connectivity index (χ2n) is 5.47. The highest BCUT2D eigenvalue weighted by Crippen LogP contribution is 2.41. The van der Waals surface area contributed by atoms with E-state index in [4.69, 9.17) is 17.0 Å². The zero-order valence-corrected chi connectivity index (χ0v) is 11.3. The van der Waals surface area contributed by atoms with Crippen LogP contribution in [0.2, 0.25) is 12.1 Å². The van der Waals surface area contributed by atoms with Crippen molar-refractivity contribution in [1.82, 2.24) is 4.90 Å². The molecular formula is C12H21BNOS. The van der Waals surface area contributed by atoms with E-state index in [9.17, 15) is 0 Å². The van der Waals surface area contributed by atoms with Crippen LogP contribution in [0.5, 0.6) is 0 Å². The number of hydrogen-bond acceptors (Lipinski definition) is 2. The van der Waals surface area contributed by atoms with Gasteiger partial charge in [0.15, 0.2) is 0 Å². The summed E-state index contributed by atoms with van der Waals surface area (Å²) in [5, 5.41) is 1.09. The van der Waals surface area contributed by atoms with Crippen molar-refractivity contribution >= 4 is 24.7 Å². The van der Waals surface area contributed by atoms with Gasteiger partial charge in [0.1, 0.15) is 13.4 Å². The Hall–Kier alpha value is -0.245. The summed E-state index contributed by atoms with van der Waals surface area (Å²) in [7, 11) is 4.43. The van der Waals surface area contributed by atoms with Gasteiger partial charge in [0, 0.05) is 7.05 Å². The van der Waals surface area contributed by atoms with Crippen molar-refractivity contribution in [1.29, 1.82) is 0 Å². The fourth-order valence-electron chi connectivity index (χ4n) is 2.91. The minimum Gasteiger partial charge on any atom is -0.465 e. The molecule has 1 aliphatic carbocycles. The topological polar surface area (TPSA) is 12.5 Å². The van der Waals surface area contributed by atoms with Gasteiger partial charge in [-0.2, -0.15) is 0 Å². The van der Waals surface area contributed by atoms with Crippen molar-refractivity contribution in [3.8, 4) is 0 Å². The van der Waals surface area contributed by atoms with E-state index in [0.29, 0.717) is 22.6 Å². The van der Waals surface area contributed by atoms with Crippen LogP contribution < -0.4 is 0 Å². The summed E-state index contributed by atoms with van der Waals surface area (Å²) in [4.78, 5) is 2.15. The first-order valence-corrected chi connectivity index (χ1v) is 6.70. The lowest BCUT2D eigenvalue weighted by atomic mass is 9.50. The van der Waals surface area contributed by atoms with E-state index < -0.39 is 0 Å². The quantitative estimate of drug-likeness (QED) is 0.515. The van der Waals surface area contributed by atoms with Crippen molar-refractivity contribution in [2.45, 2.75) is 63.3 Å². The van der Waals surface area contributed by atoms with Crippen molar-refractivity contribution in [2.24, 2.45) is 0 Å². The molecule has 0 aromatic heterocycles. The fraction of sp³-hybridized carbons (Fsp3) is 0.917. The Balaban J connectivity index is 2.04. The van der Waals surface area contributed by atoms with E-state index >= 15 is 0 Å². The van der Waals surface area contributed by atoms with Crippen molar-refractivity contribution in [2.75, 3.05) is 7.05 Å². The molecule has 0 bridgehead atoms. The maximum absolute atomic E-state index is 5.79. The van der Waals surface area contributed by atoms with E-state index in [1.54, 1.807) is 0 Å². The third-order valence-corrected chi connectivity index (χ3v) is 4.80. The molecule has 1 heterocycles. The maximum atomic E-state index is 5.79. The molecular weight excluding hydrogens is 217 g/mol. The van der Waals surface area contributed by atoms with Gasteiger partial charge >= 0.3 is 0 Å². The van der Waals surface area contributed by atoms with Gasteiger partial charge in [0.2, 0.25) is 0 Å². The van der Waals surface area contributed by atoms with Gasteiger partial charge in [-0.15, -0.1) is 0 Å². The summed E-state index contributed by atoms with van der Waals surface area (Å²) < 4.78 is 5.79. The van der Waals surface area contributed by atoms with Crippen LogP contribution in [0.4, 0.5) is 0 Å². The molecule has 1 saturated heterocycles. The molecule has 89 valence electrons. The first-order valence-electron chi connectivity index (χ1n) is 6.30. The molecule has 0 aromatic carbocycles. The van der Waals surface area contributed by atoms with Crippen LogP contribution >= 0.6 is 12.2 Å². The summed E-state index contributed by atoms with van der Waals surface area (Å²) in [6, 6.07) is 0.522. The highest BCUT2D eigenvalue weighted by molar-refractivity contribution is 7.80. The Bertz CT molecular complexity index is 286. The summed E-state index contributed by atoms with van der Waals surface area (Å²) in [6.45, 7) is 4.55. The molecule has 2 fully saturated rings. The van der Waals surface area contributed by atoms with Gasteiger partial charge < -0.3 is 9.64 Å². The lowest BCUT2D eigenvalue weighted by Crippen LogP contribution is -2.35. The molecule has 0 N–H and O–H groups in total. The van der Waals surface area contributed by atoms with Gasteiger partial charge in [-0.05, 0) is 25.1 Å². The van der Waals surface area contributed by atoms with E-state index in [0.717, 1.165) is 6.42 Å². The fourth-order valence-corrected chi connectivity index (χ4v) is 3.17. The Morgan fingerprint density at radius 2 is 2.19 bits per heavy atom. The summed E-state index contributed by atoms with van der Waals surface area (Å²) in [5.74, 6) is 0. The van der Waals surface area contributed by atoms with E-state index in [1.807, 2.05) is 0 Å². The Labute approximate surface area is 105 Å². The average molecular weight is 238 g/mol. The van der Waals surface area contributed by atoms with Crippen molar-refractivity contribution in [3.05, 3.63) is 0 Å². The first kappa shape index (κ1) is 12.2. The molecule has 3 unspecified atom stereocenters. The van der Waals surface area contributed by atoms with Crippen LogP contribution in [0, 0.1) is 0 Å². The Kier molecular flexibility index (Phi) is 3.48. The van der Waals surface area contributed by atoms with Crippen LogP contribution in [-0.2, 0) is 4.74 Å². The van der Waals surface area contributed by atoms with Gasteiger partial charge in [-0.1, -0.05) is 38.3 Å². The highest BCUT2D eigenvalue weighted by Gasteiger charge is 2.39. The lowest BCUT2D eigenvalue weighted by Gasteiger charge is -2.34. The maximum Gasteiger partial charge on any atom is 0.259 e. The normalized spacial score (nSPS) is 39.7. The Morgan fingerprint density at radius 3 is 2.88 bits per heavy atom. The molecule has 4 heteroatoms. The van der Waals surface area contributed by atoms with E-state index in [2.05, 4.69) is 33.0 Å². The highest BCUT2D eigenvalue weighted by atomic mass is 32.1. The molecule has 3 atom stereocenters. The largest absolute Gasteiger partial charge is 0.465 e. The zero-order valence-electron chi connectivity index (χ0n) is 10.5. The number of thiocarbonyl (C=S) groups is 1. The van der Waals surface area contributed by atoms with Crippen LogP contribution in [0.15, 0.2) is 0 Å². The van der Waals surface area contributed by atoms with Crippen LogP contribution in [0.25, 0.3) is 0 Å². The minimum absolute atomic E-state index is 0.331. The number of ether oxygens (including phenoxy) is 1. The smallest absolute Gasteiger partial charge is 0.259 e. The third kappa shape index (κ3) is 2.22. The second kappa shape index (κ2) is 4.56. The van der Waals surface area contributed by atoms with Crippen LogP contribution in [0.3, 0.4) is 0 Å². The molecule has 0 aromatic rings. The van der Waals surface area contributed by atoms with Crippen molar-refractivity contribution in [3.63, 3.8) is 0 Å². The van der Waals surface area contributed by atoms with Gasteiger partial charge in [0.25, 0.3) is 5.17 Å². The molecule has 1 radical (unpaired) electrons.